The molecule has 2 fully saturated rings. The standard InChI is InChI=1S/C28H26F2N4O4/c29-22-5-1-20(2-6-22)26(36)33-15-11-28(12-16-33)34(27(37)21-3-7-23(30)8-4-21)24(18-38-28)25(35)32-17-19-9-13-31-14-10-19/h1-10,13-14,24H,11-12,15-18H2,(H,32,35). The van der Waals surface area contributed by atoms with Crippen molar-refractivity contribution in [3.05, 3.63) is 101 Å². The summed E-state index contributed by atoms with van der Waals surface area (Å²) >= 11 is 0. The lowest BCUT2D eigenvalue weighted by Gasteiger charge is -2.44. The predicted molar refractivity (Wildman–Crippen MR) is 133 cm³/mol. The van der Waals surface area contributed by atoms with Crippen molar-refractivity contribution in [1.29, 1.82) is 0 Å². The molecule has 1 N–H and O–H groups in total. The van der Waals surface area contributed by atoms with Gasteiger partial charge in [0.1, 0.15) is 23.4 Å². The molecule has 0 aliphatic carbocycles. The van der Waals surface area contributed by atoms with Crippen molar-refractivity contribution in [3.8, 4) is 0 Å². The van der Waals surface area contributed by atoms with Gasteiger partial charge in [-0.15, -0.1) is 0 Å². The zero-order valence-corrected chi connectivity index (χ0v) is 20.5. The first kappa shape index (κ1) is 25.5. The molecule has 5 rings (SSSR count). The summed E-state index contributed by atoms with van der Waals surface area (Å²) in [5.74, 6) is -1.99. The summed E-state index contributed by atoms with van der Waals surface area (Å²) in [6.07, 6.45) is 3.81. The molecule has 2 aliphatic rings. The maximum absolute atomic E-state index is 13.7. The number of nitrogens with one attached hydrogen (secondary N) is 1. The third kappa shape index (κ3) is 5.12. The zero-order valence-electron chi connectivity index (χ0n) is 20.5. The molecule has 1 atom stereocenters. The van der Waals surface area contributed by atoms with Gasteiger partial charge in [0.25, 0.3) is 11.8 Å². The van der Waals surface area contributed by atoms with Crippen LogP contribution in [0.1, 0.15) is 39.1 Å². The number of likely N-dealkylation sites (tertiary alicyclic amines) is 1. The van der Waals surface area contributed by atoms with Crippen molar-refractivity contribution in [1.82, 2.24) is 20.1 Å². The summed E-state index contributed by atoms with van der Waals surface area (Å²) in [6, 6.07) is 13.1. The van der Waals surface area contributed by atoms with E-state index in [1.165, 1.54) is 53.4 Å². The van der Waals surface area contributed by atoms with Crippen LogP contribution >= 0.6 is 0 Å². The first-order chi connectivity index (χ1) is 18.4. The molecule has 2 aromatic carbocycles. The molecule has 3 amide bonds. The third-order valence-corrected chi connectivity index (χ3v) is 7.01. The summed E-state index contributed by atoms with van der Waals surface area (Å²) in [6.45, 7) is 0.786. The highest BCUT2D eigenvalue weighted by molar-refractivity contribution is 5.98. The van der Waals surface area contributed by atoms with E-state index < -0.39 is 29.3 Å². The van der Waals surface area contributed by atoms with Crippen LogP contribution in [0.15, 0.2) is 73.1 Å². The monoisotopic (exact) mass is 520 g/mol. The van der Waals surface area contributed by atoms with Crippen LogP contribution in [0, 0.1) is 11.6 Å². The van der Waals surface area contributed by atoms with E-state index in [9.17, 15) is 23.2 Å². The van der Waals surface area contributed by atoms with Gasteiger partial charge in [0.2, 0.25) is 5.91 Å². The third-order valence-electron chi connectivity index (χ3n) is 7.01. The molecule has 0 radical (unpaired) electrons. The Kier molecular flexibility index (Phi) is 7.15. The Labute approximate surface area is 218 Å². The van der Waals surface area contributed by atoms with Crippen LogP contribution in [0.4, 0.5) is 8.78 Å². The Morgan fingerprint density at radius 3 is 2.00 bits per heavy atom. The number of carbonyl (C=O) groups excluding carboxylic acids is 3. The minimum atomic E-state index is -1.11. The van der Waals surface area contributed by atoms with Crippen molar-refractivity contribution in [2.24, 2.45) is 0 Å². The highest BCUT2D eigenvalue weighted by Crippen LogP contribution is 2.39. The molecule has 1 unspecified atom stereocenters. The van der Waals surface area contributed by atoms with Gasteiger partial charge in [0, 0.05) is 56.0 Å². The fourth-order valence-corrected chi connectivity index (χ4v) is 4.94. The molecule has 0 saturated carbocycles. The summed E-state index contributed by atoms with van der Waals surface area (Å²) < 4.78 is 33.0. The molecule has 3 aromatic rings. The number of piperidine rings is 1. The second-order valence-corrected chi connectivity index (χ2v) is 9.33. The van der Waals surface area contributed by atoms with Crippen molar-refractivity contribution in [2.75, 3.05) is 19.7 Å². The number of ether oxygens (including phenoxy) is 1. The fourth-order valence-electron chi connectivity index (χ4n) is 4.94. The van der Waals surface area contributed by atoms with Gasteiger partial charge in [-0.05, 0) is 66.2 Å². The van der Waals surface area contributed by atoms with Crippen LogP contribution < -0.4 is 5.32 Å². The van der Waals surface area contributed by atoms with Gasteiger partial charge in [0.05, 0.1) is 6.61 Å². The van der Waals surface area contributed by atoms with E-state index in [2.05, 4.69) is 10.3 Å². The van der Waals surface area contributed by atoms with Gasteiger partial charge in [-0.1, -0.05) is 0 Å². The number of benzene rings is 2. The molecule has 1 aromatic heterocycles. The fraction of sp³-hybridized carbons (Fsp3) is 0.286. The number of pyridine rings is 1. The maximum atomic E-state index is 13.7. The van der Waals surface area contributed by atoms with Gasteiger partial charge in [-0.2, -0.15) is 0 Å². The number of carbonyl (C=O) groups is 3. The highest BCUT2D eigenvalue weighted by Gasteiger charge is 2.54. The van der Waals surface area contributed by atoms with Crippen LogP contribution in [0.25, 0.3) is 0 Å². The lowest BCUT2D eigenvalue weighted by Crippen LogP contribution is -2.59. The number of amides is 3. The smallest absolute Gasteiger partial charge is 0.256 e. The molecular weight excluding hydrogens is 494 g/mol. The second kappa shape index (κ2) is 10.7. The molecule has 3 heterocycles. The summed E-state index contributed by atoms with van der Waals surface area (Å²) in [4.78, 5) is 47.0. The molecule has 1 spiro atoms. The van der Waals surface area contributed by atoms with Crippen molar-refractivity contribution >= 4 is 17.7 Å². The Balaban J connectivity index is 1.36. The average Bonchev–Trinajstić information content (AvgIpc) is 3.31. The molecular formula is C28H26F2N4O4. The van der Waals surface area contributed by atoms with E-state index in [0.717, 1.165) is 5.56 Å². The van der Waals surface area contributed by atoms with E-state index in [1.54, 1.807) is 29.4 Å². The molecule has 2 saturated heterocycles. The number of halogens is 2. The summed E-state index contributed by atoms with van der Waals surface area (Å²) in [7, 11) is 0. The first-order valence-electron chi connectivity index (χ1n) is 12.3. The molecule has 38 heavy (non-hydrogen) atoms. The Bertz CT molecular complexity index is 1310. The second-order valence-electron chi connectivity index (χ2n) is 9.33. The number of hydrogen-bond acceptors (Lipinski definition) is 5. The van der Waals surface area contributed by atoms with Crippen molar-refractivity contribution < 1.29 is 27.9 Å². The lowest BCUT2D eigenvalue weighted by atomic mass is 9.96. The van der Waals surface area contributed by atoms with Crippen LogP contribution in [-0.2, 0) is 16.1 Å². The van der Waals surface area contributed by atoms with Crippen molar-refractivity contribution in [2.45, 2.75) is 31.2 Å². The number of aromatic nitrogens is 1. The zero-order chi connectivity index (χ0) is 26.7. The van der Waals surface area contributed by atoms with Crippen molar-refractivity contribution in [3.63, 3.8) is 0 Å². The summed E-state index contributed by atoms with van der Waals surface area (Å²) in [5, 5.41) is 2.87. The van der Waals surface area contributed by atoms with Gasteiger partial charge in [-0.3, -0.25) is 24.3 Å². The Morgan fingerprint density at radius 1 is 0.868 bits per heavy atom. The molecule has 10 heteroatoms. The lowest BCUT2D eigenvalue weighted by molar-refractivity contribution is -0.128. The van der Waals surface area contributed by atoms with E-state index in [4.69, 9.17) is 4.74 Å². The largest absolute Gasteiger partial charge is 0.353 e. The Morgan fingerprint density at radius 2 is 1.42 bits per heavy atom. The number of rotatable bonds is 5. The minimum Gasteiger partial charge on any atom is -0.353 e. The summed E-state index contributed by atoms with van der Waals surface area (Å²) in [5.41, 5.74) is 0.338. The van der Waals surface area contributed by atoms with E-state index in [1.807, 2.05) is 0 Å². The predicted octanol–water partition coefficient (Wildman–Crippen LogP) is 3.15. The molecule has 2 aliphatic heterocycles. The van der Waals surface area contributed by atoms with Gasteiger partial charge in [0.15, 0.2) is 0 Å². The highest BCUT2D eigenvalue weighted by atomic mass is 19.1. The Hall–Kier alpha value is -4.18. The van der Waals surface area contributed by atoms with E-state index in [0.29, 0.717) is 5.56 Å². The SMILES string of the molecule is O=C(NCc1ccncc1)C1COC2(CCN(C(=O)c3ccc(F)cc3)CC2)N1C(=O)c1ccc(F)cc1. The number of nitrogens with zero attached hydrogens (tertiary/aromatic N) is 3. The quantitative estimate of drug-likeness (QED) is 0.558. The van der Waals surface area contributed by atoms with Crippen LogP contribution in [0.3, 0.4) is 0 Å². The normalized spacial score (nSPS) is 18.4. The first-order valence-corrected chi connectivity index (χ1v) is 12.3. The maximum Gasteiger partial charge on any atom is 0.256 e. The molecule has 196 valence electrons. The topological polar surface area (TPSA) is 91.8 Å². The molecule has 8 nitrogen and oxygen atoms in total. The average molecular weight is 521 g/mol. The minimum absolute atomic E-state index is 0.0129. The van der Waals surface area contributed by atoms with Gasteiger partial charge >= 0.3 is 0 Å². The van der Waals surface area contributed by atoms with Crippen LogP contribution in [0.5, 0.6) is 0 Å². The van der Waals surface area contributed by atoms with Crippen LogP contribution in [-0.4, -0.2) is 64.0 Å². The van der Waals surface area contributed by atoms with Gasteiger partial charge < -0.3 is 15.0 Å². The van der Waals surface area contributed by atoms with E-state index in [-0.39, 0.29) is 56.5 Å². The van der Waals surface area contributed by atoms with E-state index >= 15 is 0 Å². The number of hydrogen-bond donors (Lipinski definition) is 1. The van der Waals surface area contributed by atoms with Crippen LogP contribution in [0.2, 0.25) is 0 Å². The molecule has 0 bridgehead atoms. The van der Waals surface area contributed by atoms with Gasteiger partial charge in [-0.25, -0.2) is 8.78 Å².